The Kier molecular flexibility index (Phi) is 4.96. The molecule has 1 unspecified atom stereocenters. The van der Waals surface area contributed by atoms with Gasteiger partial charge < -0.3 is 19.7 Å². The van der Waals surface area contributed by atoms with E-state index in [0.717, 1.165) is 11.1 Å². The summed E-state index contributed by atoms with van der Waals surface area (Å²) in [5.74, 6) is 0.176. The van der Waals surface area contributed by atoms with Gasteiger partial charge >= 0.3 is 0 Å². The number of aliphatic hydroxyl groups excluding tert-OH is 1. The number of nitrogens with zero attached hydrogens (tertiary/aromatic N) is 1. The Morgan fingerprint density at radius 2 is 2.04 bits per heavy atom. The van der Waals surface area contributed by atoms with Crippen LogP contribution in [-0.4, -0.2) is 28.4 Å². The number of carbonyl (C=O) groups excluding carboxylic acids is 2. The van der Waals surface area contributed by atoms with Crippen LogP contribution in [0.4, 0.5) is 0 Å². The molecule has 0 bridgehead atoms. The second-order valence-electron chi connectivity index (χ2n) is 5.90. The van der Waals surface area contributed by atoms with Crippen molar-refractivity contribution in [1.82, 2.24) is 10.2 Å². The number of benzene rings is 1. The summed E-state index contributed by atoms with van der Waals surface area (Å²) in [6.07, 6.45) is 1.78. The van der Waals surface area contributed by atoms with E-state index in [1.807, 2.05) is 30.3 Å². The Balaban J connectivity index is 1.55. The monoisotopic (exact) mass is 328 g/mol. The Hall–Kier alpha value is -2.60. The van der Waals surface area contributed by atoms with Crippen molar-refractivity contribution in [2.45, 2.75) is 26.1 Å². The van der Waals surface area contributed by atoms with Crippen LogP contribution in [0.5, 0.6) is 0 Å². The van der Waals surface area contributed by atoms with Gasteiger partial charge in [0.1, 0.15) is 5.76 Å². The predicted octanol–water partition coefficient (Wildman–Crippen LogP) is 1.44. The van der Waals surface area contributed by atoms with Crippen LogP contribution in [-0.2, 0) is 29.3 Å². The van der Waals surface area contributed by atoms with Gasteiger partial charge in [0.25, 0.3) is 0 Å². The molecule has 24 heavy (non-hydrogen) atoms. The highest BCUT2D eigenvalue weighted by molar-refractivity contribution is 5.89. The molecule has 1 aromatic heterocycles. The second kappa shape index (κ2) is 7.31. The molecule has 2 aromatic rings. The van der Waals surface area contributed by atoms with Crippen LogP contribution in [0.2, 0.25) is 0 Å². The van der Waals surface area contributed by atoms with Crippen LogP contribution in [0.25, 0.3) is 0 Å². The largest absolute Gasteiger partial charge is 0.467 e. The van der Waals surface area contributed by atoms with Gasteiger partial charge in [-0.05, 0) is 23.3 Å². The lowest BCUT2D eigenvalue weighted by atomic mass is 10.1. The molecule has 3 rings (SSSR count). The van der Waals surface area contributed by atoms with Gasteiger partial charge in [0, 0.05) is 19.5 Å². The lowest BCUT2D eigenvalue weighted by Crippen LogP contribution is -2.32. The summed E-state index contributed by atoms with van der Waals surface area (Å²) in [6.45, 7) is 1.07. The summed E-state index contributed by atoms with van der Waals surface area (Å²) in [5.41, 5.74) is 1.67. The lowest BCUT2D eigenvalue weighted by Gasteiger charge is -2.15. The average molecular weight is 328 g/mol. The van der Waals surface area contributed by atoms with Crippen molar-refractivity contribution in [1.29, 1.82) is 0 Å². The van der Waals surface area contributed by atoms with Gasteiger partial charge in [-0.15, -0.1) is 0 Å². The number of rotatable bonds is 6. The highest BCUT2D eigenvalue weighted by atomic mass is 16.3. The van der Waals surface area contributed by atoms with E-state index < -0.39 is 0 Å². The number of likely N-dealkylation sites (tertiary alicyclic amines) is 1. The standard InChI is InChI=1S/C18H20N2O4/c21-12-14-5-2-1-4-13(14)9-19-18(23)15-8-17(22)20(10-15)11-16-6-3-7-24-16/h1-7,15,21H,8-12H2,(H,19,23). The molecule has 1 aromatic carbocycles. The van der Waals surface area contributed by atoms with Gasteiger partial charge in [-0.1, -0.05) is 24.3 Å². The van der Waals surface area contributed by atoms with Crippen molar-refractivity contribution in [3.63, 3.8) is 0 Å². The van der Waals surface area contributed by atoms with Crippen molar-refractivity contribution in [3.05, 3.63) is 59.5 Å². The molecule has 0 spiro atoms. The van der Waals surface area contributed by atoms with E-state index in [9.17, 15) is 14.7 Å². The number of hydrogen-bond donors (Lipinski definition) is 2. The third-order valence-electron chi connectivity index (χ3n) is 4.25. The molecule has 0 radical (unpaired) electrons. The maximum atomic E-state index is 12.3. The molecule has 1 saturated heterocycles. The zero-order chi connectivity index (χ0) is 16.9. The summed E-state index contributed by atoms with van der Waals surface area (Å²) in [6, 6.07) is 11.0. The third kappa shape index (κ3) is 3.65. The topological polar surface area (TPSA) is 82.8 Å². The highest BCUT2D eigenvalue weighted by Crippen LogP contribution is 2.21. The lowest BCUT2D eigenvalue weighted by molar-refractivity contribution is -0.129. The molecule has 1 fully saturated rings. The minimum absolute atomic E-state index is 0.0395. The van der Waals surface area contributed by atoms with Crippen LogP contribution in [0.3, 0.4) is 0 Å². The van der Waals surface area contributed by atoms with E-state index in [4.69, 9.17) is 4.42 Å². The smallest absolute Gasteiger partial charge is 0.225 e. The van der Waals surface area contributed by atoms with Gasteiger partial charge in [-0.2, -0.15) is 0 Å². The first-order chi connectivity index (χ1) is 11.7. The van der Waals surface area contributed by atoms with Crippen LogP contribution < -0.4 is 5.32 Å². The minimum Gasteiger partial charge on any atom is -0.467 e. The number of carbonyl (C=O) groups is 2. The first kappa shape index (κ1) is 16.3. The minimum atomic E-state index is -0.353. The van der Waals surface area contributed by atoms with Gasteiger partial charge in [-0.25, -0.2) is 0 Å². The normalized spacial score (nSPS) is 17.3. The van der Waals surface area contributed by atoms with E-state index in [0.29, 0.717) is 25.4 Å². The Labute approximate surface area is 140 Å². The van der Waals surface area contributed by atoms with Crippen LogP contribution in [0.1, 0.15) is 23.3 Å². The number of hydrogen-bond acceptors (Lipinski definition) is 4. The summed E-state index contributed by atoms with van der Waals surface area (Å²) in [4.78, 5) is 26.0. The molecular weight excluding hydrogens is 308 g/mol. The van der Waals surface area contributed by atoms with Gasteiger partial charge in [-0.3, -0.25) is 9.59 Å². The van der Waals surface area contributed by atoms with Gasteiger partial charge in [0.15, 0.2) is 0 Å². The number of nitrogens with one attached hydrogen (secondary N) is 1. The maximum Gasteiger partial charge on any atom is 0.225 e. The first-order valence-corrected chi connectivity index (χ1v) is 7.93. The third-order valence-corrected chi connectivity index (χ3v) is 4.25. The van der Waals surface area contributed by atoms with Crippen LogP contribution in [0, 0.1) is 5.92 Å². The fourth-order valence-electron chi connectivity index (χ4n) is 2.90. The molecular formula is C18H20N2O4. The SMILES string of the molecule is O=C(NCc1ccccc1CO)C1CC(=O)N(Cc2ccco2)C1. The van der Waals surface area contributed by atoms with Gasteiger partial charge in [0.05, 0.1) is 25.3 Å². The zero-order valence-electron chi connectivity index (χ0n) is 13.3. The average Bonchev–Trinajstić information content (AvgIpc) is 3.23. The van der Waals surface area contributed by atoms with Crippen molar-refractivity contribution in [2.75, 3.05) is 6.54 Å². The van der Waals surface area contributed by atoms with E-state index >= 15 is 0 Å². The summed E-state index contributed by atoms with van der Waals surface area (Å²) in [7, 11) is 0. The summed E-state index contributed by atoms with van der Waals surface area (Å²) >= 11 is 0. The van der Waals surface area contributed by atoms with Crippen molar-refractivity contribution in [2.24, 2.45) is 5.92 Å². The molecule has 1 aliphatic heterocycles. The van der Waals surface area contributed by atoms with Crippen molar-refractivity contribution < 1.29 is 19.1 Å². The van der Waals surface area contributed by atoms with Crippen LogP contribution in [0.15, 0.2) is 47.1 Å². The zero-order valence-corrected chi connectivity index (χ0v) is 13.3. The molecule has 1 atom stereocenters. The molecule has 6 nitrogen and oxygen atoms in total. The Bertz CT molecular complexity index is 712. The fraction of sp³-hybridized carbons (Fsp3) is 0.333. The van der Waals surface area contributed by atoms with E-state index in [2.05, 4.69) is 5.32 Å². The molecule has 2 heterocycles. The van der Waals surface area contributed by atoms with Crippen molar-refractivity contribution in [3.8, 4) is 0 Å². The molecule has 2 N–H and O–H groups in total. The summed E-state index contributed by atoms with van der Waals surface area (Å²) in [5, 5.41) is 12.2. The predicted molar refractivity (Wildman–Crippen MR) is 86.4 cm³/mol. The molecule has 126 valence electrons. The Morgan fingerprint density at radius 3 is 2.75 bits per heavy atom. The number of aliphatic hydroxyl groups is 1. The molecule has 1 aliphatic rings. The molecule has 6 heteroatoms. The highest BCUT2D eigenvalue weighted by Gasteiger charge is 2.34. The second-order valence-corrected chi connectivity index (χ2v) is 5.90. The van der Waals surface area contributed by atoms with Crippen LogP contribution >= 0.6 is 0 Å². The molecule has 0 saturated carbocycles. The maximum absolute atomic E-state index is 12.3. The van der Waals surface area contributed by atoms with E-state index in [1.54, 1.807) is 17.2 Å². The van der Waals surface area contributed by atoms with E-state index in [1.165, 1.54) is 0 Å². The first-order valence-electron chi connectivity index (χ1n) is 7.93. The fourth-order valence-corrected chi connectivity index (χ4v) is 2.90. The molecule has 0 aliphatic carbocycles. The van der Waals surface area contributed by atoms with Crippen molar-refractivity contribution >= 4 is 11.8 Å². The van der Waals surface area contributed by atoms with Gasteiger partial charge in [0.2, 0.25) is 11.8 Å². The molecule has 2 amide bonds. The Morgan fingerprint density at radius 1 is 1.25 bits per heavy atom. The number of furan rings is 1. The summed E-state index contributed by atoms with van der Waals surface area (Å²) < 4.78 is 5.25. The quantitative estimate of drug-likeness (QED) is 0.840. The van der Waals surface area contributed by atoms with E-state index in [-0.39, 0.29) is 30.8 Å². The number of amides is 2.